The predicted molar refractivity (Wildman–Crippen MR) is 60.7 cm³/mol. The van der Waals surface area contributed by atoms with Crippen molar-refractivity contribution >= 4 is 5.91 Å². The first kappa shape index (κ1) is 12.5. The Morgan fingerprint density at radius 3 is 2.47 bits per heavy atom. The summed E-state index contributed by atoms with van der Waals surface area (Å²) in [5.41, 5.74) is 0. The van der Waals surface area contributed by atoms with Crippen LogP contribution in [0.25, 0.3) is 0 Å². The van der Waals surface area contributed by atoms with E-state index in [2.05, 4.69) is 13.8 Å². The lowest BCUT2D eigenvalue weighted by molar-refractivity contribution is -0.133. The van der Waals surface area contributed by atoms with Crippen LogP contribution >= 0.6 is 0 Å². The normalized spacial score (nSPS) is 18.5. The van der Waals surface area contributed by atoms with E-state index in [1.54, 1.807) is 0 Å². The maximum absolute atomic E-state index is 11.4. The van der Waals surface area contributed by atoms with E-state index in [1.807, 2.05) is 11.8 Å². The van der Waals surface area contributed by atoms with Gasteiger partial charge in [-0.15, -0.1) is 0 Å². The molecule has 0 N–H and O–H groups in total. The van der Waals surface area contributed by atoms with E-state index in [-0.39, 0.29) is 5.91 Å². The van der Waals surface area contributed by atoms with Gasteiger partial charge in [-0.2, -0.15) is 0 Å². The third-order valence-corrected chi connectivity index (χ3v) is 2.76. The fourth-order valence-electron chi connectivity index (χ4n) is 1.82. The molecule has 0 spiro atoms. The topological polar surface area (TPSA) is 29.5 Å². The quantitative estimate of drug-likeness (QED) is 0.715. The van der Waals surface area contributed by atoms with Gasteiger partial charge in [-0.1, -0.05) is 20.8 Å². The lowest BCUT2D eigenvalue weighted by Gasteiger charge is -2.32. The van der Waals surface area contributed by atoms with Crippen LogP contribution in [0.15, 0.2) is 0 Å². The van der Waals surface area contributed by atoms with Crippen molar-refractivity contribution in [2.24, 2.45) is 5.92 Å². The minimum Gasteiger partial charge on any atom is -0.378 e. The lowest BCUT2D eigenvalue weighted by atomic mass is 10.1. The molecule has 0 aromatic carbocycles. The predicted octanol–water partition coefficient (Wildman–Crippen LogP) is 2.06. The average Bonchev–Trinajstić information content (AvgIpc) is 2.26. The van der Waals surface area contributed by atoms with Gasteiger partial charge in [0.05, 0.1) is 6.10 Å². The van der Waals surface area contributed by atoms with Crippen LogP contribution in [0.2, 0.25) is 0 Å². The van der Waals surface area contributed by atoms with Crippen molar-refractivity contribution < 1.29 is 9.53 Å². The highest BCUT2D eigenvalue weighted by Gasteiger charge is 2.22. The van der Waals surface area contributed by atoms with Gasteiger partial charge in [0.2, 0.25) is 5.91 Å². The van der Waals surface area contributed by atoms with Gasteiger partial charge in [-0.3, -0.25) is 4.79 Å². The number of piperidine rings is 1. The summed E-state index contributed by atoms with van der Waals surface area (Å²) < 4.78 is 5.77. The number of rotatable bonds is 4. The Labute approximate surface area is 92.8 Å². The fourth-order valence-corrected chi connectivity index (χ4v) is 1.82. The number of nitrogens with zero attached hydrogens (tertiary/aromatic N) is 1. The molecule has 15 heavy (non-hydrogen) atoms. The number of hydrogen-bond donors (Lipinski definition) is 0. The minimum atomic E-state index is 0.275. The maximum atomic E-state index is 11.4. The minimum absolute atomic E-state index is 0.275. The molecule has 1 fully saturated rings. The molecule has 0 unspecified atom stereocenters. The third kappa shape index (κ3) is 4.20. The van der Waals surface area contributed by atoms with Crippen molar-refractivity contribution in [1.29, 1.82) is 0 Å². The summed E-state index contributed by atoms with van der Waals surface area (Å²) in [5, 5.41) is 0. The van der Waals surface area contributed by atoms with Crippen molar-refractivity contribution in [1.82, 2.24) is 4.90 Å². The van der Waals surface area contributed by atoms with Crippen molar-refractivity contribution in [3.05, 3.63) is 0 Å². The van der Waals surface area contributed by atoms with Crippen molar-refractivity contribution in [3.8, 4) is 0 Å². The Morgan fingerprint density at radius 1 is 1.40 bits per heavy atom. The van der Waals surface area contributed by atoms with Gasteiger partial charge in [0.1, 0.15) is 0 Å². The molecule has 88 valence electrons. The smallest absolute Gasteiger partial charge is 0.222 e. The second-order valence-electron chi connectivity index (χ2n) is 4.66. The number of carbonyl (C=O) groups excluding carboxylic acids is 1. The molecule has 1 rings (SSSR count). The summed E-state index contributed by atoms with van der Waals surface area (Å²) in [6.07, 6.45) is 2.99. The van der Waals surface area contributed by atoms with Crippen LogP contribution in [0, 0.1) is 5.92 Å². The van der Waals surface area contributed by atoms with Crippen LogP contribution in [-0.4, -0.2) is 36.6 Å². The van der Waals surface area contributed by atoms with E-state index >= 15 is 0 Å². The van der Waals surface area contributed by atoms with Gasteiger partial charge < -0.3 is 9.64 Å². The van der Waals surface area contributed by atoms with Gasteiger partial charge >= 0.3 is 0 Å². The largest absolute Gasteiger partial charge is 0.378 e. The molecule has 0 bridgehead atoms. The van der Waals surface area contributed by atoms with Gasteiger partial charge in [0.15, 0.2) is 0 Å². The highest BCUT2D eigenvalue weighted by Crippen LogP contribution is 2.15. The van der Waals surface area contributed by atoms with Crippen molar-refractivity contribution in [2.45, 2.75) is 46.1 Å². The molecule has 3 heteroatoms. The van der Waals surface area contributed by atoms with Crippen molar-refractivity contribution in [3.63, 3.8) is 0 Å². The van der Waals surface area contributed by atoms with E-state index in [0.717, 1.165) is 32.5 Å². The lowest BCUT2D eigenvalue weighted by Crippen LogP contribution is -2.40. The standard InChI is InChI=1S/C12H23NO2/c1-4-12(14)13-7-5-11(6-8-13)15-9-10(2)3/h10-11H,4-9H2,1-3H3. The van der Waals surface area contributed by atoms with E-state index in [9.17, 15) is 4.79 Å². The highest BCUT2D eigenvalue weighted by molar-refractivity contribution is 5.75. The summed E-state index contributed by atoms with van der Waals surface area (Å²) in [7, 11) is 0. The third-order valence-electron chi connectivity index (χ3n) is 2.76. The van der Waals surface area contributed by atoms with Crippen LogP contribution in [-0.2, 0) is 9.53 Å². The first-order valence-corrected chi connectivity index (χ1v) is 6.02. The van der Waals surface area contributed by atoms with E-state index in [1.165, 1.54) is 0 Å². The molecule has 1 saturated heterocycles. The van der Waals surface area contributed by atoms with E-state index in [0.29, 0.717) is 18.4 Å². The Morgan fingerprint density at radius 2 is 2.00 bits per heavy atom. The first-order chi connectivity index (χ1) is 7.13. The number of ether oxygens (including phenoxy) is 1. The van der Waals surface area contributed by atoms with Crippen LogP contribution in [0.3, 0.4) is 0 Å². The van der Waals surface area contributed by atoms with Crippen LogP contribution in [0.1, 0.15) is 40.0 Å². The number of carbonyl (C=O) groups is 1. The molecule has 0 saturated carbocycles. The molecule has 0 aliphatic carbocycles. The Bertz CT molecular complexity index is 196. The zero-order valence-electron chi connectivity index (χ0n) is 10.2. The Hall–Kier alpha value is -0.570. The summed E-state index contributed by atoms with van der Waals surface area (Å²) in [6, 6.07) is 0. The molecule has 0 radical (unpaired) electrons. The summed E-state index contributed by atoms with van der Waals surface area (Å²) in [5.74, 6) is 0.873. The molecule has 1 amide bonds. The molecule has 3 nitrogen and oxygen atoms in total. The van der Waals surface area contributed by atoms with E-state index in [4.69, 9.17) is 4.74 Å². The van der Waals surface area contributed by atoms with Crippen LogP contribution in [0.4, 0.5) is 0 Å². The maximum Gasteiger partial charge on any atom is 0.222 e. The second kappa shape index (κ2) is 6.11. The van der Waals surface area contributed by atoms with Crippen LogP contribution in [0.5, 0.6) is 0 Å². The molecule has 1 aliphatic rings. The molecule has 0 aromatic heterocycles. The first-order valence-electron chi connectivity index (χ1n) is 6.02. The van der Waals surface area contributed by atoms with Gasteiger partial charge in [-0.25, -0.2) is 0 Å². The summed E-state index contributed by atoms with van der Waals surface area (Å²) in [6.45, 7) is 8.83. The van der Waals surface area contributed by atoms with Gasteiger partial charge in [0.25, 0.3) is 0 Å². The zero-order chi connectivity index (χ0) is 11.3. The van der Waals surface area contributed by atoms with Gasteiger partial charge in [0, 0.05) is 26.1 Å². The molecule has 0 aromatic rings. The number of likely N-dealkylation sites (tertiary alicyclic amines) is 1. The molecular weight excluding hydrogens is 190 g/mol. The highest BCUT2D eigenvalue weighted by atomic mass is 16.5. The second-order valence-corrected chi connectivity index (χ2v) is 4.66. The van der Waals surface area contributed by atoms with Crippen molar-refractivity contribution in [2.75, 3.05) is 19.7 Å². The van der Waals surface area contributed by atoms with E-state index < -0.39 is 0 Å². The average molecular weight is 213 g/mol. The molecular formula is C12H23NO2. The Balaban J connectivity index is 2.21. The molecule has 1 heterocycles. The SMILES string of the molecule is CCC(=O)N1CCC(OCC(C)C)CC1. The number of hydrogen-bond acceptors (Lipinski definition) is 2. The molecule has 1 aliphatic heterocycles. The van der Waals surface area contributed by atoms with Crippen LogP contribution < -0.4 is 0 Å². The monoisotopic (exact) mass is 213 g/mol. The molecule has 0 atom stereocenters. The van der Waals surface area contributed by atoms with Gasteiger partial charge in [-0.05, 0) is 18.8 Å². The zero-order valence-corrected chi connectivity index (χ0v) is 10.2. The fraction of sp³-hybridized carbons (Fsp3) is 0.917. The summed E-state index contributed by atoms with van der Waals surface area (Å²) >= 11 is 0. The summed E-state index contributed by atoms with van der Waals surface area (Å²) in [4.78, 5) is 13.4. The number of amides is 1. The Kier molecular flexibility index (Phi) is 5.09.